The van der Waals surface area contributed by atoms with Crippen LogP contribution < -0.4 is 11.3 Å². The lowest BCUT2D eigenvalue weighted by Gasteiger charge is -2.05. The molecular weight excluding hydrogens is 218 g/mol. The van der Waals surface area contributed by atoms with E-state index in [0.717, 1.165) is 10.9 Å². The number of nitrogens with zero attached hydrogens (tertiary/aromatic N) is 4. The van der Waals surface area contributed by atoms with Gasteiger partial charge in [0.2, 0.25) is 0 Å². The average molecular weight is 229 g/mol. The fourth-order valence-corrected chi connectivity index (χ4v) is 2.18. The average Bonchev–Trinajstić information content (AvgIpc) is 2.62. The molecule has 0 fully saturated rings. The van der Waals surface area contributed by atoms with Gasteiger partial charge in [-0.15, -0.1) is 0 Å². The van der Waals surface area contributed by atoms with Crippen molar-refractivity contribution in [3.63, 3.8) is 0 Å². The van der Waals surface area contributed by atoms with Crippen molar-refractivity contribution in [1.29, 1.82) is 0 Å². The first-order chi connectivity index (χ1) is 8.11. The van der Waals surface area contributed by atoms with Crippen molar-refractivity contribution in [2.45, 2.75) is 0 Å². The van der Waals surface area contributed by atoms with E-state index in [2.05, 4.69) is 10.1 Å². The second-order valence-corrected chi connectivity index (χ2v) is 3.97. The summed E-state index contributed by atoms with van der Waals surface area (Å²) in [4.78, 5) is 16.4. The van der Waals surface area contributed by atoms with Crippen LogP contribution in [-0.2, 0) is 14.1 Å². The lowest BCUT2D eigenvalue weighted by molar-refractivity contribution is 0.803. The van der Waals surface area contributed by atoms with Crippen molar-refractivity contribution in [2.24, 2.45) is 14.1 Å². The molecule has 0 radical (unpaired) electrons. The molecule has 6 nitrogen and oxygen atoms in total. The van der Waals surface area contributed by atoms with Crippen LogP contribution >= 0.6 is 0 Å². The summed E-state index contributed by atoms with van der Waals surface area (Å²) in [6.45, 7) is 0. The molecule has 3 rings (SSSR count). The van der Waals surface area contributed by atoms with Gasteiger partial charge in [0, 0.05) is 25.7 Å². The van der Waals surface area contributed by atoms with Gasteiger partial charge < -0.3 is 5.73 Å². The van der Waals surface area contributed by atoms with Crippen LogP contribution in [0.25, 0.3) is 21.9 Å². The Morgan fingerprint density at radius 3 is 2.88 bits per heavy atom. The molecule has 0 atom stereocenters. The van der Waals surface area contributed by atoms with E-state index in [4.69, 9.17) is 5.73 Å². The summed E-state index contributed by atoms with van der Waals surface area (Å²) in [6.07, 6.45) is 1.66. The number of rotatable bonds is 0. The van der Waals surface area contributed by atoms with Crippen molar-refractivity contribution < 1.29 is 0 Å². The summed E-state index contributed by atoms with van der Waals surface area (Å²) in [6, 6.07) is 3.74. The van der Waals surface area contributed by atoms with E-state index < -0.39 is 0 Å². The largest absolute Gasteiger partial charge is 0.382 e. The van der Waals surface area contributed by atoms with Gasteiger partial charge in [-0.3, -0.25) is 14.0 Å². The molecular formula is C11H11N5O. The molecule has 17 heavy (non-hydrogen) atoms. The van der Waals surface area contributed by atoms with Gasteiger partial charge in [-0.2, -0.15) is 5.10 Å². The highest BCUT2D eigenvalue weighted by atomic mass is 16.1. The van der Waals surface area contributed by atoms with Crippen LogP contribution in [0.2, 0.25) is 0 Å². The molecule has 6 heteroatoms. The SMILES string of the molecule is Cn1nc(N)c2c(=O)n(C)c3ncccc3c21. The Labute approximate surface area is 96.3 Å². The van der Waals surface area contributed by atoms with E-state index in [1.807, 2.05) is 12.1 Å². The number of fused-ring (bicyclic) bond motifs is 3. The minimum atomic E-state index is -0.170. The summed E-state index contributed by atoms with van der Waals surface area (Å²) >= 11 is 0. The molecule has 2 N–H and O–H groups in total. The van der Waals surface area contributed by atoms with E-state index in [0.29, 0.717) is 11.0 Å². The fraction of sp³-hybridized carbons (Fsp3) is 0.182. The Morgan fingerprint density at radius 1 is 1.35 bits per heavy atom. The third-order valence-electron chi connectivity index (χ3n) is 2.95. The van der Waals surface area contributed by atoms with E-state index in [9.17, 15) is 4.79 Å². The van der Waals surface area contributed by atoms with Gasteiger partial charge in [0.05, 0.1) is 5.52 Å². The predicted octanol–water partition coefficient (Wildman–Crippen LogP) is 0.402. The first-order valence-corrected chi connectivity index (χ1v) is 5.17. The quantitative estimate of drug-likeness (QED) is 0.605. The Balaban J connectivity index is 2.78. The van der Waals surface area contributed by atoms with Crippen LogP contribution in [0.4, 0.5) is 5.82 Å². The van der Waals surface area contributed by atoms with E-state index in [-0.39, 0.29) is 11.4 Å². The molecule has 0 saturated heterocycles. The molecule has 0 spiro atoms. The maximum atomic E-state index is 12.2. The Bertz CT molecular complexity index is 799. The van der Waals surface area contributed by atoms with Gasteiger partial charge >= 0.3 is 0 Å². The molecule has 3 heterocycles. The molecule has 86 valence electrons. The second kappa shape index (κ2) is 3.07. The van der Waals surface area contributed by atoms with Crippen LogP contribution in [0.3, 0.4) is 0 Å². The molecule has 0 saturated carbocycles. The topological polar surface area (TPSA) is 78.7 Å². The molecule has 0 unspecified atom stereocenters. The summed E-state index contributed by atoms with van der Waals surface area (Å²) in [5.74, 6) is 0.258. The molecule has 0 bridgehead atoms. The number of aromatic nitrogens is 4. The first kappa shape index (κ1) is 9.83. The maximum absolute atomic E-state index is 12.2. The van der Waals surface area contributed by atoms with Gasteiger partial charge in [-0.1, -0.05) is 0 Å². The number of hydrogen-bond donors (Lipinski definition) is 1. The first-order valence-electron chi connectivity index (χ1n) is 5.17. The summed E-state index contributed by atoms with van der Waals surface area (Å²) in [5, 5.41) is 5.42. The Morgan fingerprint density at radius 2 is 2.12 bits per heavy atom. The molecule has 0 aliphatic carbocycles. The number of anilines is 1. The minimum Gasteiger partial charge on any atom is -0.382 e. The van der Waals surface area contributed by atoms with Crippen molar-refractivity contribution in [2.75, 3.05) is 5.73 Å². The van der Waals surface area contributed by atoms with Crippen molar-refractivity contribution in [3.8, 4) is 0 Å². The van der Waals surface area contributed by atoms with Gasteiger partial charge in [-0.05, 0) is 12.1 Å². The number of hydrogen-bond acceptors (Lipinski definition) is 4. The number of pyridine rings is 2. The normalized spacial score (nSPS) is 11.4. The van der Waals surface area contributed by atoms with Crippen LogP contribution in [-0.4, -0.2) is 19.3 Å². The highest BCUT2D eigenvalue weighted by molar-refractivity contribution is 6.05. The Hall–Kier alpha value is -2.37. The van der Waals surface area contributed by atoms with E-state index >= 15 is 0 Å². The number of nitrogens with two attached hydrogens (primary N) is 1. The number of aryl methyl sites for hydroxylation is 2. The summed E-state index contributed by atoms with van der Waals surface area (Å²) in [5.41, 5.74) is 6.97. The standard InChI is InChI=1S/C11H11N5O/c1-15-10-6(4-3-5-13-10)8-7(11(15)17)9(12)14-16(8)2/h3-5H,1-2H3,(H2,12,14). The van der Waals surface area contributed by atoms with E-state index in [1.54, 1.807) is 25.0 Å². The third-order valence-corrected chi connectivity index (χ3v) is 2.95. The molecule has 0 aromatic carbocycles. The Kier molecular flexibility index (Phi) is 1.77. The van der Waals surface area contributed by atoms with Crippen LogP contribution in [0.1, 0.15) is 0 Å². The zero-order valence-corrected chi connectivity index (χ0v) is 9.51. The summed E-state index contributed by atoms with van der Waals surface area (Å²) in [7, 11) is 3.45. The van der Waals surface area contributed by atoms with E-state index in [1.165, 1.54) is 4.57 Å². The number of nitrogen functional groups attached to an aromatic ring is 1. The lowest BCUT2D eigenvalue weighted by Crippen LogP contribution is -2.18. The van der Waals surface area contributed by atoms with Gasteiger partial charge in [0.25, 0.3) is 5.56 Å². The van der Waals surface area contributed by atoms with Gasteiger partial charge in [-0.25, -0.2) is 4.98 Å². The monoisotopic (exact) mass is 229 g/mol. The molecule has 3 aromatic heterocycles. The predicted molar refractivity (Wildman–Crippen MR) is 65.7 cm³/mol. The van der Waals surface area contributed by atoms with Crippen molar-refractivity contribution in [3.05, 3.63) is 28.7 Å². The van der Waals surface area contributed by atoms with Gasteiger partial charge in [0.1, 0.15) is 11.0 Å². The van der Waals surface area contributed by atoms with Crippen LogP contribution in [0.5, 0.6) is 0 Å². The van der Waals surface area contributed by atoms with Crippen molar-refractivity contribution in [1.82, 2.24) is 19.3 Å². The minimum absolute atomic E-state index is 0.170. The van der Waals surface area contributed by atoms with Crippen LogP contribution in [0.15, 0.2) is 23.1 Å². The zero-order chi connectivity index (χ0) is 12.2. The second-order valence-electron chi connectivity index (χ2n) is 3.97. The molecule has 3 aromatic rings. The fourth-order valence-electron chi connectivity index (χ4n) is 2.18. The molecule has 0 aliphatic heterocycles. The highest BCUT2D eigenvalue weighted by Gasteiger charge is 2.16. The highest BCUT2D eigenvalue weighted by Crippen LogP contribution is 2.23. The lowest BCUT2D eigenvalue weighted by atomic mass is 10.2. The van der Waals surface area contributed by atoms with Crippen LogP contribution in [0, 0.1) is 0 Å². The maximum Gasteiger partial charge on any atom is 0.265 e. The van der Waals surface area contributed by atoms with Crippen molar-refractivity contribution >= 4 is 27.8 Å². The third kappa shape index (κ3) is 1.12. The summed E-state index contributed by atoms with van der Waals surface area (Å²) < 4.78 is 3.12. The molecule has 0 aliphatic rings. The molecule has 0 amide bonds. The zero-order valence-electron chi connectivity index (χ0n) is 9.51. The smallest absolute Gasteiger partial charge is 0.265 e. The van der Waals surface area contributed by atoms with Gasteiger partial charge in [0.15, 0.2) is 5.82 Å².